The highest BCUT2D eigenvalue weighted by Gasteiger charge is 2.40. The van der Waals surface area contributed by atoms with Gasteiger partial charge in [-0.05, 0) is 43.9 Å². The SMILES string of the molecule is CC1(CCC2(N)CC2)CCOCC1. The molecule has 2 N–H and O–H groups in total. The molecule has 2 heteroatoms. The van der Waals surface area contributed by atoms with Crippen molar-refractivity contribution in [3.05, 3.63) is 0 Å². The zero-order valence-corrected chi connectivity index (χ0v) is 8.64. The average Bonchev–Trinajstić information content (AvgIpc) is 2.84. The van der Waals surface area contributed by atoms with Crippen LogP contribution in [0.3, 0.4) is 0 Å². The Morgan fingerprint density at radius 1 is 1.08 bits per heavy atom. The van der Waals surface area contributed by atoms with Gasteiger partial charge in [0.15, 0.2) is 0 Å². The van der Waals surface area contributed by atoms with E-state index in [0.717, 1.165) is 13.2 Å². The Labute approximate surface area is 80.8 Å². The van der Waals surface area contributed by atoms with E-state index in [1.165, 1.54) is 38.5 Å². The standard InChI is InChI=1S/C11H21NO/c1-10(6-8-13-9-7-10)2-3-11(12)4-5-11/h2-9,12H2,1H3. The molecule has 2 nitrogen and oxygen atoms in total. The average molecular weight is 183 g/mol. The highest BCUT2D eigenvalue weighted by molar-refractivity contribution is 4.99. The van der Waals surface area contributed by atoms with Crippen molar-refractivity contribution in [3.8, 4) is 0 Å². The summed E-state index contributed by atoms with van der Waals surface area (Å²) in [7, 11) is 0. The Morgan fingerprint density at radius 2 is 1.69 bits per heavy atom. The minimum atomic E-state index is 0.237. The van der Waals surface area contributed by atoms with Crippen molar-refractivity contribution < 1.29 is 4.74 Å². The van der Waals surface area contributed by atoms with Gasteiger partial charge in [-0.3, -0.25) is 0 Å². The molecule has 0 spiro atoms. The van der Waals surface area contributed by atoms with E-state index in [1.54, 1.807) is 0 Å². The lowest BCUT2D eigenvalue weighted by Gasteiger charge is -2.34. The van der Waals surface area contributed by atoms with Crippen LogP contribution in [0.4, 0.5) is 0 Å². The number of hydrogen-bond acceptors (Lipinski definition) is 2. The van der Waals surface area contributed by atoms with Crippen LogP contribution < -0.4 is 5.73 Å². The highest BCUT2D eigenvalue weighted by atomic mass is 16.5. The van der Waals surface area contributed by atoms with Crippen LogP contribution in [-0.2, 0) is 4.74 Å². The van der Waals surface area contributed by atoms with Crippen LogP contribution in [0, 0.1) is 5.41 Å². The minimum absolute atomic E-state index is 0.237. The molecule has 0 bridgehead atoms. The van der Waals surface area contributed by atoms with E-state index in [0.29, 0.717) is 5.41 Å². The number of nitrogens with two attached hydrogens (primary N) is 1. The zero-order valence-electron chi connectivity index (χ0n) is 8.64. The zero-order chi connectivity index (χ0) is 9.36. The third-order valence-electron chi connectivity index (χ3n) is 3.82. The van der Waals surface area contributed by atoms with Crippen molar-refractivity contribution in [3.63, 3.8) is 0 Å². The minimum Gasteiger partial charge on any atom is -0.381 e. The van der Waals surface area contributed by atoms with Crippen molar-refractivity contribution in [1.82, 2.24) is 0 Å². The van der Waals surface area contributed by atoms with Gasteiger partial charge >= 0.3 is 0 Å². The van der Waals surface area contributed by atoms with Crippen LogP contribution in [0.15, 0.2) is 0 Å². The van der Waals surface area contributed by atoms with Crippen LogP contribution in [0.5, 0.6) is 0 Å². The summed E-state index contributed by atoms with van der Waals surface area (Å²) in [6, 6.07) is 0. The maximum atomic E-state index is 6.09. The second-order valence-corrected chi connectivity index (χ2v) is 5.29. The van der Waals surface area contributed by atoms with Gasteiger partial charge in [-0.2, -0.15) is 0 Å². The predicted molar refractivity (Wildman–Crippen MR) is 53.5 cm³/mol. The molecule has 2 fully saturated rings. The molecule has 13 heavy (non-hydrogen) atoms. The molecule has 1 saturated heterocycles. The molecule has 0 amide bonds. The van der Waals surface area contributed by atoms with Gasteiger partial charge in [0.1, 0.15) is 0 Å². The van der Waals surface area contributed by atoms with Gasteiger partial charge in [0, 0.05) is 18.8 Å². The third kappa shape index (κ3) is 2.44. The van der Waals surface area contributed by atoms with Gasteiger partial charge in [-0.25, -0.2) is 0 Å². The van der Waals surface area contributed by atoms with E-state index >= 15 is 0 Å². The first kappa shape index (κ1) is 9.47. The van der Waals surface area contributed by atoms with Crippen LogP contribution in [0.2, 0.25) is 0 Å². The van der Waals surface area contributed by atoms with Crippen LogP contribution in [0.25, 0.3) is 0 Å². The van der Waals surface area contributed by atoms with Crippen molar-refractivity contribution in [1.29, 1.82) is 0 Å². The number of hydrogen-bond donors (Lipinski definition) is 1. The summed E-state index contributed by atoms with van der Waals surface area (Å²) in [5, 5.41) is 0. The summed E-state index contributed by atoms with van der Waals surface area (Å²) >= 11 is 0. The van der Waals surface area contributed by atoms with Crippen LogP contribution in [0.1, 0.15) is 45.4 Å². The molecule has 2 rings (SSSR count). The molecule has 0 aromatic rings. The van der Waals surface area contributed by atoms with E-state index in [-0.39, 0.29) is 5.54 Å². The van der Waals surface area contributed by atoms with E-state index in [1.807, 2.05) is 0 Å². The van der Waals surface area contributed by atoms with Gasteiger partial charge in [0.05, 0.1) is 0 Å². The largest absolute Gasteiger partial charge is 0.381 e. The fourth-order valence-corrected chi connectivity index (χ4v) is 2.08. The van der Waals surface area contributed by atoms with Gasteiger partial charge in [0.2, 0.25) is 0 Å². The van der Waals surface area contributed by atoms with Crippen molar-refractivity contribution in [2.45, 2.75) is 51.0 Å². The van der Waals surface area contributed by atoms with Crippen molar-refractivity contribution in [2.24, 2.45) is 11.1 Å². The first-order chi connectivity index (χ1) is 6.12. The van der Waals surface area contributed by atoms with Gasteiger partial charge in [-0.1, -0.05) is 6.92 Å². The van der Waals surface area contributed by atoms with Gasteiger partial charge < -0.3 is 10.5 Å². The van der Waals surface area contributed by atoms with E-state index in [2.05, 4.69) is 6.92 Å². The van der Waals surface area contributed by atoms with Crippen molar-refractivity contribution in [2.75, 3.05) is 13.2 Å². The summed E-state index contributed by atoms with van der Waals surface area (Å²) in [4.78, 5) is 0. The van der Waals surface area contributed by atoms with E-state index in [9.17, 15) is 0 Å². The second-order valence-electron chi connectivity index (χ2n) is 5.29. The molecule has 2 aliphatic rings. The number of rotatable bonds is 3. The summed E-state index contributed by atoms with van der Waals surface area (Å²) in [5.74, 6) is 0. The Kier molecular flexibility index (Phi) is 2.37. The summed E-state index contributed by atoms with van der Waals surface area (Å²) < 4.78 is 5.38. The summed E-state index contributed by atoms with van der Waals surface area (Å²) in [6.45, 7) is 4.30. The molecule has 1 aliphatic heterocycles. The fourth-order valence-electron chi connectivity index (χ4n) is 2.08. The lowest BCUT2D eigenvalue weighted by molar-refractivity contribution is 0.0177. The molecule has 0 aromatic heterocycles. The van der Waals surface area contributed by atoms with Crippen molar-refractivity contribution >= 4 is 0 Å². The molecule has 76 valence electrons. The Morgan fingerprint density at radius 3 is 2.23 bits per heavy atom. The van der Waals surface area contributed by atoms with Gasteiger partial charge in [0.25, 0.3) is 0 Å². The molecular weight excluding hydrogens is 162 g/mol. The Balaban J connectivity index is 1.77. The molecule has 1 saturated carbocycles. The lowest BCUT2D eigenvalue weighted by Crippen LogP contribution is -2.30. The van der Waals surface area contributed by atoms with Crippen LogP contribution >= 0.6 is 0 Å². The van der Waals surface area contributed by atoms with Crippen LogP contribution in [-0.4, -0.2) is 18.8 Å². The molecular formula is C11H21NO. The number of ether oxygens (including phenoxy) is 1. The highest BCUT2D eigenvalue weighted by Crippen LogP contribution is 2.42. The quantitative estimate of drug-likeness (QED) is 0.727. The van der Waals surface area contributed by atoms with E-state index in [4.69, 9.17) is 10.5 Å². The molecule has 0 atom stereocenters. The Bertz CT molecular complexity index is 181. The summed E-state index contributed by atoms with van der Waals surface area (Å²) in [5.41, 5.74) is 6.85. The Hall–Kier alpha value is -0.0800. The molecule has 0 unspecified atom stereocenters. The maximum Gasteiger partial charge on any atom is 0.0471 e. The van der Waals surface area contributed by atoms with Gasteiger partial charge in [-0.15, -0.1) is 0 Å². The molecule has 0 radical (unpaired) electrons. The summed E-state index contributed by atoms with van der Waals surface area (Å²) in [6.07, 6.45) is 7.47. The topological polar surface area (TPSA) is 35.2 Å². The second kappa shape index (κ2) is 3.25. The monoisotopic (exact) mass is 183 g/mol. The predicted octanol–water partition coefficient (Wildman–Crippen LogP) is 2.07. The fraction of sp³-hybridized carbons (Fsp3) is 1.00. The third-order valence-corrected chi connectivity index (χ3v) is 3.82. The normalized spacial score (nSPS) is 30.0. The smallest absolute Gasteiger partial charge is 0.0471 e. The van der Waals surface area contributed by atoms with E-state index < -0.39 is 0 Å². The first-order valence-corrected chi connectivity index (χ1v) is 5.49. The molecule has 0 aromatic carbocycles. The first-order valence-electron chi connectivity index (χ1n) is 5.49. The molecule has 1 heterocycles. The molecule has 1 aliphatic carbocycles. The maximum absolute atomic E-state index is 6.09. The lowest BCUT2D eigenvalue weighted by atomic mass is 9.77.